The number of alkyl halides is 3. The van der Waals surface area contributed by atoms with Crippen molar-refractivity contribution >= 4 is 23.2 Å². The molecule has 5 nitrogen and oxygen atoms in total. The first-order chi connectivity index (χ1) is 11.1. The molecular formula is C16H20F3N3O2. The average molecular weight is 343 g/mol. The van der Waals surface area contributed by atoms with E-state index in [1.165, 1.54) is 12.1 Å². The summed E-state index contributed by atoms with van der Waals surface area (Å²) < 4.78 is 37.7. The molecular weight excluding hydrogens is 323 g/mol. The lowest BCUT2D eigenvalue weighted by atomic mass is 10.0. The van der Waals surface area contributed by atoms with E-state index >= 15 is 0 Å². The van der Waals surface area contributed by atoms with Gasteiger partial charge in [-0.3, -0.25) is 9.59 Å². The van der Waals surface area contributed by atoms with Crippen LogP contribution >= 0.6 is 0 Å². The molecule has 1 atom stereocenters. The monoisotopic (exact) mass is 343 g/mol. The molecule has 1 saturated heterocycles. The van der Waals surface area contributed by atoms with Crippen LogP contribution in [0.2, 0.25) is 0 Å². The Bertz CT molecular complexity index is 646. The van der Waals surface area contributed by atoms with Gasteiger partial charge in [-0.2, -0.15) is 13.2 Å². The van der Waals surface area contributed by atoms with Gasteiger partial charge in [0.1, 0.15) is 0 Å². The van der Waals surface area contributed by atoms with Crippen LogP contribution in [0.25, 0.3) is 0 Å². The van der Waals surface area contributed by atoms with E-state index in [1.807, 2.05) is 11.8 Å². The van der Waals surface area contributed by atoms with Crippen LogP contribution in [0.15, 0.2) is 18.2 Å². The number of nitrogens with zero attached hydrogens (tertiary/aromatic N) is 2. The number of hydrogen-bond donors (Lipinski definition) is 1. The van der Waals surface area contributed by atoms with E-state index in [0.29, 0.717) is 10.6 Å². The number of benzene rings is 1. The molecule has 2 N–H and O–H groups in total. The third-order valence-electron chi connectivity index (χ3n) is 4.29. The Hall–Kier alpha value is -2.25. The van der Waals surface area contributed by atoms with E-state index in [4.69, 9.17) is 5.73 Å². The number of anilines is 2. The van der Waals surface area contributed by atoms with Crippen LogP contribution < -0.4 is 15.5 Å². The molecule has 1 unspecified atom stereocenters. The molecule has 0 aliphatic carbocycles. The van der Waals surface area contributed by atoms with E-state index in [0.717, 1.165) is 32.9 Å². The highest BCUT2D eigenvalue weighted by atomic mass is 19.4. The SMILES string of the molecule is CC1CCCCN1c1ccc(N(C)C(=O)C(F)(F)F)cc1C(N)=O. The van der Waals surface area contributed by atoms with Gasteiger partial charge < -0.3 is 15.5 Å². The fourth-order valence-corrected chi connectivity index (χ4v) is 2.94. The van der Waals surface area contributed by atoms with Crippen molar-refractivity contribution in [3.63, 3.8) is 0 Å². The number of primary amides is 1. The molecule has 0 bridgehead atoms. The number of rotatable bonds is 3. The standard InChI is InChI=1S/C16H20F3N3O2/c1-10-5-3-4-8-22(10)13-7-6-11(9-12(13)14(20)23)21(2)15(24)16(17,18)19/h6-7,9-10H,3-5,8H2,1-2H3,(H2,20,23). The Kier molecular flexibility index (Phi) is 5.05. The van der Waals surface area contributed by atoms with Crippen LogP contribution in [0.4, 0.5) is 24.5 Å². The molecule has 2 amide bonds. The van der Waals surface area contributed by atoms with Gasteiger partial charge in [0.15, 0.2) is 0 Å². The van der Waals surface area contributed by atoms with Gasteiger partial charge in [-0.15, -0.1) is 0 Å². The Morgan fingerprint density at radius 3 is 2.50 bits per heavy atom. The van der Waals surface area contributed by atoms with Crippen LogP contribution in [0.5, 0.6) is 0 Å². The van der Waals surface area contributed by atoms with Gasteiger partial charge in [0.2, 0.25) is 0 Å². The largest absolute Gasteiger partial charge is 0.471 e. The molecule has 1 heterocycles. The zero-order valence-electron chi connectivity index (χ0n) is 13.6. The zero-order valence-corrected chi connectivity index (χ0v) is 13.6. The quantitative estimate of drug-likeness (QED) is 0.918. The van der Waals surface area contributed by atoms with E-state index in [1.54, 1.807) is 6.07 Å². The molecule has 132 valence electrons. The molecule has 0 spiro atoms. The summed E-state index contributed by atoms with van der Waals surface area (Å²) >= 11 is 0. The lowest BCUT2D eigenvalue weighted by Crippen LogP contribution is -2.40. The first-order valence-corrected chi connectivity index (χ1v) is 7.68. The fourth-order valence-electron chi connectivity index (χ4n) is 2.94. The van der Waals surface area contributed by atoms with Crippen molar-refractivity contribution in [2.45, 2.75) is 38.4 Å². The normalized spacial score (nSPS) is 18.4. The van der Waals surface area contributed by atoms with Crippen molar-refractivity contribution in [3.8, 4) is 0 Å². The van der Waals surface area contributed by atoms with Crippen molar-refractivity contribution in [1.29, 1.82) is 0 Å². The van der Waals surface area contributed by atoms with Crippen molar-refractivity contribution in [2.75, 3.05) is 23.4 Å². The molecule has 2 rings (SSSR count). The number of halogens is 3. The van der Waals surface area contributed by atoms with E-state index in [2.05, 4.69) is 0 Å². The Labute approximate surface area is 138 Å². The van der Waals surface area contributed by atoms with Crippen LogP contribution in [-0.2, 0) is 4.79 Å². The second kappa shape index (κ2) is 6.70. The van der Waals surface area contributed by atoms with Crippen molar-refractivity contribution in [3.05, 3.63) is 23.8 Å². The molecule has 0 aromatic heterocycles. The minimum atomic E-state index is -4.98. The van der Waals surface area contributed by atoms with Gasteiger partial charge in [0.05, 0.1) is 5.56 Å². The Morgan fingerprint density at radius 2 is 1.96 bits per heavy atom. The first-order valence-electron chi connectivity index (χ1n) is 7.68. The molecule has 0 saturated carbocycles. The highest BCUT2D eigenvalue weighted by Crippen LogP contribution is 2.31. The van der Waals surface area contributed by atoms with Crippen LogP contribution in [-0.4, -0.2) is 37.6 Å². The Balaban J connectivity index is 2.40. The summed E-state index contributed by atoms with van der Waals surface area (Å²) in [6, 6.07) is 4.39. The maximum absolute atomic E-state index is 12.6. The Morgan fingerprint density at radius 1 is 1.29 bits per heavy atom. The molecule has 1 aliphatic heterocycles. The number of nitrogens with two attached hydrogens (primary N) is 1. The van der Waals surface area contributed by atoms with Crippen molar-refractivity contribution in [2.24, 2.45) is 5.73 Å². The zero-order chi connectivity index (χ0) is 18.1. The second-order valence-electron chi connectivity index (χ2n) is 5.97. The summed E-state index contributed by atoms with van der Waals surface area (Å²) in [5, 5.41) is 0. The maximum atomic E-state index is 12.6. The molecule has 24 heavy (non-hydrogen) atoms. The average Bonchev–Trinajstić information content (AvgIpc) is 2.52. The van der Waals surface area contributed by atoms with Crippen molar-refractivity contribution in [1.82, 2.24) is 0 Å². The lowest BCUT2D eigenvalue weighted by molar-refractivity contribution is -0.170. The summed E-state index contributed by atoms with van der Waals surface area (Å²) in [5.41, 5.74) is 6.08. The minimum absolute atomic E-state index is 0.0282. The molecule has 1 aliphatic rings. The summed E-state index contributed by atoms with van der Waals surface area (Å²) in [4.78, 5) is 25.6. The van der Waals surface area contributed by atoms with E-state index < -0.39 is 18.0 Å². The van der Waals surface area contributed by atoms with Gasteiger partial charge in [-0.25, -0.2) is 0 Å². The topological polar surface area (TPSA) is 66.6 Å². The number of hydrogen-bond acceptors (Lipinski definition) is 3. The summed E-state index contributed by atoms with van der Waals surface area (Å²) in [6.07, 6.45) is -1.96. The van der Waals surface area contributed by atoms with Gasteiger partial charge >= 0.3 is 12.1 Å². The van der Waals surface area contributed by atoms with Crippen LogP contribution in [0.1, 0.15) is 36.5 Å². The van der Waals surface area contributed by atoms with Gasteiger partial charge in [0.25, 0.3) is 5.91 Å². The molecule has 8 heteroatoms. The summed E-state index contributed by atoms with van der Waals surface area (Å²) in [7, 11) is 1.01. The van der Waals surface area contributed by atoms with Crippen LogP contribution in [0.3, 0.4) is 0 Å². The number of amides is 2. The van der Waals surface area contributed by atoms with Gasteiger partial charge in [0, 0.05) is 31.0 Å². The van der Waals surface area contributed by atoms with E-state index in [-0.39, 0.29) is 17.3 Å². The summed E-state index contributed by atoms with van der Waals surface area (Å²) in [6.45, 7) is 2.77. The highest BCUT2D eigenvalue weighted by Gasteiger charge is 2.41. The number of carbonyl (C=O) groups excluding carboxylic acids is 2. The summed E-state index contributed by atoms with van der Waals surface area (Å²) in [5.74, 6) is -2.74. The smallest absolute Gasteiger partial charge is 0.368 e. The predicted molar refractivity (Wildman–Crippen MR) is 85.1 cm³/mol. The minimum Gasteiger partial charge on any atom is -0.368 e. The maximum Gasteiger partial charge on any atom is 0.471 e. The molecule has 1 aromatic carbocycles. The predicted octanol–water partition coefficient (Wildman–Crippen LogP) is 2.69. The first kappa shape index (κ1) is 18.1. The third kappa shape index (κ3) is 3.63. The number of carbonyl (C=O) groups is 2. The molecule has 0 radical (unpaired) electrons. The van der Waals surface area contributed by atoms with Gasteiger partial charge in [-0.1, -0.05) is 0 Å². The lowest BCUT2D eigenvalue weighted by Gasteiger charge is -2.36. The third-order valence-corrected chi connectivity index (χ3v) is 4.29. The van der Waals surface area contributed by atoms with Gasteiger partial charge in [-0.05, 0) is 44.4 Å². The second-order valence-corrected chi connectivity index (χ2v) is 5.97. The van der Waals surface area contributed by atoms with Crippen LogP contribution in [0, 0.1) is 0 Å². The molecule has 1 aromatic rings. The fraction of sp³-hybridized carbons (Fsp3) is 0.500. The van der Waals surface area contributed by atoms with Crippen molar-refractivity contribution < 1.29 is 22.8 Å². The van der Waals surface area contributed by atoms with E-state index in [9.17, 15) is 22.8 Å². The molecule has 1 fully saturated rings. The highest BCUT2D eigenvalue weighted by molar-refractivity contribution is 6.02. The number of piperidine rings is 1.